The maximum absolute atomic E-state index is 12.6. The van der Waals surface area contributed by atoms with Crippen molar-refractivity contribution < 1.29 is 4.79 Å². The number of hydrogen-bond acceptors (Lipinski definition) is 3. The molecule has 2 heterocycles. The van der Waals surface area contributed by atoms with E-state index in [0.29, 0.717) is 17.0 Å². The van der Waals surface area contributed by atoms with Gasteiger partial charge in [0, 0.05) is 13.6 Å². The van der Waals surface area contributed by atoms with Gasteiger partial charge in [-0.25, -0.2) is 0 Å². The Morgan fingerprint density at radius 3 is 2.80 bits per heavy atom. The molecule has 6 heteroatoms. The van der Waals surface area contributed by atoms with Crippen LogP contribution >= 0.6 is 11.3 Å². The molecule has 0 N–H and O–H groups in total. The minimum Gasteiger partial charge on any atom is -0.319 e. The molecule has 2 aromatic heterocycles. The number of hydrogen-bond donors (Lipinski definition) is 0. The summed E-state index contributed by atoms with van der Waals surface area (Å²) in [6.07, 6.45) is 3.48. The number of carbonyl (C=O) groups is 1. The van der Waals surface area contributed by atoms with Gasteiger partial charge in [-0.05, 0) is 50.5 Å². The van der Waals surface area contributed by atoms with E-state index in [4.69, 9.17) is 0 Å². The molecule has 0 aliphatic heterocycles. The van der Waals surface area contributed by atoms with E-state index < -0.39 is 0 Å². The normalized spacial score (nSPS) is 12.2. The van der Waals surface area contributed by atoms with Crippen LogP contribution in [0.2, 0.25) is 0 Å². The Labute approximate surface area is 151 Å². The Kier molecular flexibility index (Phi) is 5.18. The minimum atomic E-state index is -0.240. The van der Waals surface area contributed by atoms with E-state index >= 15 is 0 Å². The zero-order valence-corrected chi connectivity index (χ0v) is 16.1. The predicted molar refractivity (Wildman–Crippen MR) is 102 cm³/mol. The number of benzene rings is 1. The summed E-state index contributed by atoms with van der Waals surface area (Å²) in [4.78, 5) is 17.7. The second-order valence-corrected chi connectivity index (χ2v) is 7.26. The lowest BCUT2D eigenvalue weighted by atomic mass is 10.1. The van der Waals surface area contributed by atoms with Crippen LogP contribution in [0.5, 0.6) is 0 Å². The molecule has 1 aromatic carbocycles. The van der Waals surface area contributed by atoms with Gasteiger partial charge in [0.05, 0.1) is 15.9 Å². The van der Waals surface area contributed by atoms with Gasteiger partial charge in [0.25, 0.3) is 5.91 Å². The number of nitrogens with zero attached hydrogens (tertiary/aromatic N) is 4. The summed E-state index contributed by atoms with van der Waals surface area (Å²) in [7, 11) is 1.96. The zero-order valence-electron chi connectivity index (χ0n) is 15.2. The van der Waals surface area contributed by atoms with Crippen LogP contribution in [0.3, 0.4) is 0 Å². The molecule has 0 aliphatic carbocycles. The van der Waals surface area contributed by atoms with Crippen molar-refractivity contribution in [1.82, 2.24) is 14.3 Å². The molecule has 25 heavy (non-hydrogen) atoms. The molecule has 0 unspecified atom stereocenters. The van der Waals surface area contributed by atoms with Crippen LogP contribution in [0.25, 0.3) is 10.2 Å². The van der Waals surface area contributed by atoms with Crippen LogP contribution in [-0.4, -0.2) is 20.3 Å². The van der Waals surface area contributed by atoms with E-state index in [-0.39, 0.29) is 5.91 Å². The Morgan fingerprint density at radius 1 is 1.28 bits per heavy atom. The molecule has 0 fully saturated rings. The number of aryl methyl sites for hydroxylation is 4. The van der Waals surface area contributed by atoms with E-state index in [1.165, 1.54) is 23.1 Å². The van der Waals surface area contributed by atoms with E-state index in [2.05, 4.69) is 35.2 Å². The number of fused-ring (bicyclic) bond motifs is 1. The molecule has 0 bridgehead atoms. The van der Waals surface area contributed by atoms with Crippen molar-refractivity contribution in [2.24, 2.45) is 12.0 Å². The molecular formula is C19H24N4OS. The topological polar surface area (TPSA) is 52.2 Å². The van der Waals surface area contributed by atoms with Crippen LogP contribution in [0.15, 0.2) is 29.3 Å². The molecule has 0 saturated carbocycles. The van der Waals surface area contributed by atoms with Crippen molar-refractivity contribution in [1.29, 1.82) is 0 Å². The van der Waals surface area contributed by atoms with E-state index in [1.54, 1.807) is 22.1 Å². The highest BCUT2D eigenvalue weighted by atomic mass is 32.1. The first-order valence-electron chi connectivity index (χ1n) is 8.75. The Bertz CT molecular complexity index is 977. The Morgan fingerprint density at radius 2 is 2.08 bits per heavy atom. The number of unbranched alkanes of at least 4 members (excludes halogenated alkanes) is 1. The van der Waals surface area contributed by atoms with Gasteiger partial charge in [-0.3, -0.25) is 9.48 Å². The van der Waals surface area contributed by atoms with E-state index in [9.17, 15) is 4.79 Å². The summed E-state index contributed by atoms with van der Waals surface area (Å²) in [5, 5.41) is 4.33. The summed E-state index contributed by atoms with van der Waals surface area (Å²) < 4.78 is 4.86. The molecule has 0 saturated heterocycles. The third kappa shape index (κ3) is 3.58. The van der Waals surface area contributed by atoms with Crippen LogP contribution in [0.4, 0.5) is 0 Å². The lowest BCUT2D eigenvalue weighted by Gasteiger charge is -2.01. The number of aromatic nitrogens is 3. The fraction of sp³-hybridized carbons (Fsp3) is 0.421. The highest BCUT2D eigenvalue weighted by molar-refractivity contribution is 7.16. The van der Waals surface area contributed by atoms with Crippen molar-refractivity contribution in [3.63, 3.8) is 0 Å². The molecule has 3 aromatic rings. The first-order valence-corrected chi connectivity index (χ1v) is 9.57. The Hall–Kier alpha value is -2.21. The fourth-order valence-electron chi connectivity index (χ4n) is 2.92. The predicted octanol–water partition coefficient (Wildman–Crippen LogP) is 3.85. The van der Waals surface area contributed by atoms with Gasteiger partial charge in [-0.2, -0.15) is 10.1 Å². The molecule has 5 nitrogen and oxygen atoms in total. The fourth-order valence-corrected chi connectivity index (χ4v) is 4.00. The largest absolute Gasteiger partial charge is 0.319 e. The van der Waals surface area contributed by atoms with Crippen LogP contribution in [0, 0.1) is 6.92 Å². The summed E-state index contributed by atoms with van der Waals surface area (Å²) in [5.41, 5.74) is 3.83. The summed E-state index contributed by atoms with van der Waals surface area (Å²) in [6, 6.07) is 8.32. The SMILES string of the molecule is CCCCc1ccc2c(c1)sc(=NC(=O)c1cc(C)nn1CC)n2C. The number of rotatable bonds is 5. The van der Waals surface area contributed by atoms with Crippen LogP contribution in [-0.2, 0) is 20.0 Å². The molecule has 3 rings (SSSR count). The summed E-state index contributed by atoms with van der Waals surface area (Å²) in [6.45, 7) is 6.72. The molecule has 1 amide bonds. The summed E-state index contributed by atoms with van der Waals surface area (Å²) in [5.74, 6) is -0.240. The van der Waals surface area contributed by atoms with Gasteiger partial charge < -0.3 is 4.57 Å². The highest BCUT2D eigenvalue weighted by Gasteiger charge is 2.13. The first kappa shape index (κ1) is 17.6. The minimum absolute atomic E-state index is 0.240. The van der Waals surface area contributed by atoms with Gasteiger partial charge in [-0.15, -0.1) is 0 Å². The number of carbonyl (C=O) groups excluding carboxylic acids is 1. The number of thiazole rings is 1. The van der Waals surface area contributed by atoms with Crippen molar-refractivity contribution in [2.45, 2.75) is 46.6 Å². The van der Waals surface area contributed by atoms with Gasteiger partial charge >= 0.3 is 0 Å². The molecule has 0 atom stereocenters. The van der Waals surface area contributed by atoms with Crippen LogP contribution in [0.1, 0.15) is 48.4 Å². The summed E-state index contributed by atoms with van der Waals surface area (Å²) >= 11 is 1.56. The molecule has 0 aliphatic rings. The van der Waals surface area contributed by atoms with Crippen molar-refractivity contribution in [2.75, 3.05) is 0 Å². The third-order valence-corrected chi connectivity index (χ3v) is 5.41. The lowest BCUT2D eigenvalue weighted by molar-refractivity contribution is 0.0988. The van der Waals surface area contributed by atoms with E-state index in [1.807, 2.05) is 25.5 Å². The quantitative estimate of drug-likeness (QED) is 0.697. The molecule has 132 valence electrons. The monoisotopic (exact) mass is 356 g/mol. The second-order valence-electron chi connectivity index (χ2n) is 6.25. The van der Waals surface area contributed by atoms with E-state index in [0.717, 1.165) is 17.6 Å². The van der Waals surface area contributed by atoms with Gasteiger partial charge in [-0.1, -0.05) is 30.7 Å². The van der Waals surface area contributed by atoms with Gasteiger partial charge in [0.2, 0.25) is 0 Å². The Balaban J connectivity index is 2.01. The maximum atomic E-state index is 12.6. The zero-order chi connectivity index (χ0) is 18.0. The molecular weight excluding hydrogens is 332 g/mol. The first-order chi connectivity index (χ1) is 12.0. The third-order valence-electron chi connectivity index (χ3n) is 4.31. The molecule has 0 spiro atoms. The average molecular weight is 356 g/mol. The smallest absolute Gasteiger partial charge is 0.297 e. The van der Waals surface area contributed by atoms with Crippen molar-refractivity contribution in [3.05, 3.63) is 46.0 Å². The van der Waals surface area contributed by atoms with Crippen LogP contribution < -0.4 is 4.80 Å². The second kappa shape index (κ2) is 7.35. The lowest BCUT2D eigenvalue weighted by Crippen LogP contribution is -2.15. The highest BCUT2D eigenvalue weighted by Crippen LogP contribution is 2.19. The van der Waals surface area contributed by atoms with Crippen molar-refractivity contribution >= 4 is 27.5 Å². The number of amides is 1. The maximum Gasteiger partial charge on any atom is 0.297 e. The van der Waals surface area contributed by atoms with Gasteiger partial charge in [0.15, 0.2) is 4.80 Å². The average Bonchev–Trinajstić information content (AvgIpc) is 3.13. The van der Waals surface area contributed by atoms with Gasteiger partial charge in [0.1, 0.15) is 5.69 Å². The van der Waals surface area contributed by atoms with Crippen molar-refractivity contribution in [3.8, 4) is 0 Å². The molecule has 0 radical (unpaired) electrons. The standard InChI is InChI=1S/C19H24N4OS/c1-5-7-8-14-9-10-15-17(12-14)25-19(22(15)4)20-18(24)16-11-13(3)21-23(16)6-2/h9-12H,5-8H2,1-4H3.